The highest BCUT2D eigenvalue weighted by Crippen LogP contribution is 2.19. The van der Waals surface area contributed by atoms with Crippen molar-refractivity contribution in [3.63, 3.8) is 0 Å². The molecule has 0 aliphatic carbocycles. The van der Waals surface area contributed by atoms with Crippen LogP contribution in [0.4, 0.5) is 0 Å². The fourth-order valence-corrected chi connectivity index (χ4v) is 1.95. The number of pyridine rings is 1. The van der Waals surface area contributed by atoms with Crippen molar-refractivity contribution in [1.82, 2.24) is 9.97 Å². The van der Waals surface area contributed by atoms with Crippen LogP contribution in [0, 0.1) is 0 Å². The Morgan fingerprint density at radius 1 is 1.45 bits per heavy atom. The maximum absolute atomic E-state index is 4.37. The molecule has 11 heavy (non-hydrogen) atoms. The maximum Gasteiger partial charge on any atom is 0.144 e. The van der Waals surface area contributed by atoms with Gasteiger partial charge in [-0.15, -0.1) is 23.1 Å². The van der Waals surface area contributed by atoms with Gasteiger partial charge in [0.2, 0.25) is 0 Å². The Kier molecular flexibility index (Phi) is 1.79. The molecule has 0 aromatic carbocycles. The molecule has 0 atom stereocenters. The van der Waals surface area contributed by atoms with Crippen molar-refractivity contribution in [2.24, 2.45) is 0 Å². The van der Waals surface area contributed by atoms with Gasteiger partial charge in [-0.1, -0.05) is 0 Å². The molecule has 0 fully saturated rings. The van der Waals surface area contributed by atoms with Crippen molar-refractivity contribution in [2.45, 2.75) is 5.03 Å². The molecule has 0 saturated heterocycles. The molecule has 0 unspecified atom stereocenters. The van der Waals surface area contributed by atoms with Crippen molar-refractivity contribution < 1.29 is 0 Å². The summed E-state index contributed by atoms with van der Waals surface area (Å²) in [7, 11) is 0. The van der Waals surface area contributed by atoms with Crippen LogP contribution in [0.25, 0.3) is 10.3 Å². The van der Waals surface area contributed by atoms with Crippen molar-refractivity contribution in [3.05, 3.63) is 17.6 Å². The predicted octanol–water partition coefficient (Wildman–Crippen LogP) is 2.41. The third-order valence-corrected chi connectivity index (χ3v) is 2.76. The van der Waals surface area contributed by atoms with Gasteiger partial charge in [0.15, 0.2) is 0 Å². The summed E-state index contributed by atoms with van der Waals surface area (Å²) in [5.41, 5.74) is 2.81. The summed E-state index contributed by atoms with van der Waals surface area (Å²) in [4.78, 5) is 9.54. The van der Waals surface area contributed by atoms with E-state index in [1.807, 2.05) is 23.9 Å². The first kappa shape index (κ1) is 7.06. The second-order valence-electron chi connectivity index (χ2n) is 2.03. The standard InChI is InChI=1S/C7H6N2S2/c1-10-6-3-2-5-7(9-6)11-4-8-5/h2-4H,1H3. The number of hydrogen-bond donors (Lipinski definition) is 0. The van der Waals surface area contributed by atoms with Gasteiger partial charge in [0.25, 0.3) is 0 Å². The number of aromatic nitrogens is 2. The van der Waals surface area contributed by atoms with Crippen LogP contribution in [0.2, 0.25) is 0 Å². The van der Waals surface area contributed by atoms with Gasteiger partial charge >= 0.3 is 0 Å². The first-order valence-corrected chi connectivity index (χ1v) is 5.25. The van der Waals surface area contributed by atoms with E-state index in [2.05, 4.69) is 9.97 Å². The van der Waals surface area contributed by atoms with Crippen LogP contribution in [-0.2, 0) is 0 Å². The fraction of sp³-hybridized carbons (Fsp3) is 0.143. The van der Waals surface area contributed by atoms with Gasteiger partial charge in [-0.05, 0) is 18.4 Å². The first-order valence-electron chi connectivity index (χ1n) is 3.14. The van der Waals surface area contributed by atoms with Gasteiger partial charge in [-0.3, -0.25) is 0 Å². The zero-order valence-electron chi connectivity index (χ0n) is 5.94. The molecule has 0 N–H and O–H groups in total. The fourth-order valence-electron chi connectivity index (χ4n) is 0.848. The molecule has 0 bridgehead atoms. The van der Waals surface area contributed by atoms with E-state index in [1.54, 1.807) is 23.1 Å². The molecule has 0 amide bonds. The molecule has 0 aliphatic heterocycles. The van der Waals surface area contributed by atoms with Gasteiger partial charge < -0.3 is 0 Å². The molecule has 0 radical (unpaired) electrons. The number of fused-ring (bicyclic) bond motifs is 1. The zero-order valence-corrected chi connectivity index (χ0v) is 7.58. The van der Waals surface area contributed by atoms with E-state index in [0.29, 0.717) is 0 Å². The summed E-state index contributed by atoms with van der Waals surface area (Å²) >= 11 is 3.24. The summed E-state index contributed by atoms with van der Waals surface area (Å²) < 4.78 is 0. The third kappa shape index (κ3) is 1.23. The molecule has 2 aromatic heterocycles. The Balaban J connectivity index is 2.67. The molecule has 2 heterocycles. The van der Waals surface area contributed by atoms with Gasteiger partial charge in [-0.2, -0.15) is 0 Å². The average Bonchev–Trinajstić information content (AvgIpc) is 2.50. The summed E-state index contributed by atoms with van der Waals surface area (Å²) in [6.45, 7) is 0. The Hall–Kier alpha value is -0.610. The van der Waals surface area contributed by atoms with Crippen LogP contribution in [0.3, 0.4) is 0 Å². The van der Waals surface area contributed by atoms with Crippen molar-refractivity contribution >= 4 is 33.4 Å². The summed E-state index contributed by atoms with van der Waals surface area (Å²) in [6, 6.07) is 4.00. The summed E-state index contributed by atoms with van der Waals surface area (Å²) in [6.07, 6.45) is 2.02. The van der Waals surface area contributed by atoms with Crippen LogP contribution >= 0.6 is 23.1 Å². The molecule has 2 nitrogen and oxygen atoms in total. The molecule has 0 spiro atoms. The summed E-state index contributed by atoms with van der Waals surface area (Å²) in [5.74, 6) is 0. The largest absolute Gasteiger partial charge is 0.243 e. The highest BCUT2D eigenvalue weighted by Gasteiger charge is 1.97. The van der Waals surface area contributed by atoms with E-state index in [0.717, 1.165) is 15.4 Å². The van der Waals surface area contributed by atoms with E-state index < -0.39 is 0 Å². The van der Waals surface area contributed by atoms with E-state index in [-0.39, 0.29) is 0 Å². The average molecular weight is 182 g/mol. The van der Waals surface area contributed by atoms with Gasteiger partial charge in [0, 0.05) is 0 Å². The smallest absolute Gasteiger partial charge is 0.144 e. The van der Waals surface area contributed by atoms with Crippen molar-refractivity contribution in [1.29, 1.82) is 0 Å². The number of hydrogen-bond acceptors (Lipinski definition) is 4. The van der Waals surface area contributed by atoms with Gasteiger partial charge in [0.1, 0.15) is 10.3 Å². The second-order valence-corrected chi connectivity index (χ2v) is 3.69. The minimum absolute atomic E-state index is 0.993. The molecular formula is C7H6N2S2. The monoisotopic (exact) mass is 182 g/mol. The Morgan fingerprint density at radius 3 is 3.18 bits per heavy atom. The SMILES string of the molecule is CSc1ccc2ncsc2n1. The second kappa shape index (κ2) is 2.79. The molecule has 0 saturated carbocycles. The lowest BCUT2D eigenvalue weighted by atomic mass is 10.5. The third-order valence-electron chi connectivity index (χ3n) is 1.38. The molecule has 2 rings (SSSR count). The lowest BCUT2D eigenvalue weighted by Gasteiger charge is -1.92. The molecule has 2 aromatic rings. The lowest BCUT2D eigenvalue weighted by Crippen LogP contribution is -1.76. The van der Waals surface area contributed by atoms with Gasteiger partial charge in [0.05, 0.1) is 10.5 Å². The predicted molar refractivity (Wildman–Crippen MR) is 49.2 cm³/mol. The lowest BCUT2D eigenvalue weighted by molar-refractivity contribution is 1.20. The van der Waals surface area contributed by atoms with Crippen LogP contribution in [0.5, 0.6) is 0 Å². The minimum atomic E-state index is 0.993. The molecular weight excluding hydrogens is 176 g/mol. The van der Waals surface area contributed by atoms with Gasteiger partial charge in [-0.25, -0.2) is 9.97 Å². The minimum Gasteiger partial charge on any atom is -0.243 e. The maximum atomic E-state index is 4.37. The van der Waals surface area contributed by atoms with Crippen molar-refractivity contribution in [2.75, 3.05) is 6.26 Å². The van der Waals surface area contributed by atoms with E-state index in [1.165, 1.54) is 0 Å². The van der Waals surface area contributed by atoms with Crippen LogP contribution in [0.1, 0.15) is 0 Å². The molecule has 0 aliphatic rings. The molecule has 56 valence electrons. The van der Waals surface area contributed by atoms with Crippen LogP contribution in [0.15, 0.2) is 22.7 Å². The molecule has 4 heteroatoms. The van der Waals surface area contributed by atoms with E-state index in [9.17, 15) is 0 Å². The first-order chi connectivity index (χ1) is 5.40. The topological polar surface area (TPSA) is 25.8 Å². The Morgan fingerprint density at radius 2 is 2.36 bits per heavy atom. The number of rotatable bonds is 1. The highest BCUT2D eigenvalue weighted by atomic mass is 32.2. The number of thioether (sulfide) groups is 1. The zero-order chi connectivity index (χ0) is 7.68. The quantitative estimate of drug-likeness (QED) is 0.633. The van der Waals surface area contributed by atoms with E-state index >= 15 is 0 Å². The van der Waals surface area contributed by atoms with E-state index in [4.69, 9.17) is 0 Å². The summed E-state index contributed by atoms with van der Waals surface area (Å²) in [5, 5.41) is 1.06. The van der Waals surface area contributed by atoms with Crippen LogP contribution < -0.4 is 0 Å². The number of thiazole rings is 1. The van der Waals surface area contributed by atoms with Crippen molar-refractivity contribution in [3.8, 4) is 0 Å². The van der Waals surface area contributed by atoms with Crippen LogP contribution in [-0.4, -0.2) is 16.2 Å². The Bertz CT molecular complexity index is 369. The normalized spacial score (nSPS) is 10.6. The number of nitrogens with zero attached hydrogens (tertiary/aromatic N) is 2. The highest BCUT2D eigenvalue weighted by molar-refractivity contribution is 7.98. The Labute approximate surface area is 72.7 Å².